The lowest BCUT2D eigenvalue weighted by molar-refractivity contribution is 0.0494. The van der Waals surface area contributed by atoms with Gasteiger partial charge in [-0.1, -0.05) is 13.8 Å². The summed E-state index contributed by atoms with van der Waals surface area (Å²) >= 11 is 0. The van der Waals surface area contributed by atoms with Crippen LogP contribution in [0.5, 0.6) is 0 Å². The van der Waals surface area contributed by atoms with Crippen LogP contribution in [-0.2, 0) is 4.74 Å². The lowest BCUT2D eigenvalue weighted by atomic mass is 9.99. The number of rotatable bonds is 4. The molecule has 1 aromatic rings. The summed E-state index contributed by atoms with van der Waals surface area (Å²) in [4.78, 5) is 30.0. The number of carbonyl (C=O) groups is 1. The summed E-state index contributed by atoms with van der Waals surface area (Å²) < 4.78 is 5.37. The number of amides is 1. The van der Waals surface area contributed by atoms with Gasteiger partial charge in [-0.15, -0.1) is 0 Å². The molecule has 1 aliphatic heterocycles. The summed E-state index contributed by atoms with van der Waals surface area (Å²) in [5, 5.41) is 2.99. The van der Waals surface area contributed by atoms with Crippen molar-refractivity contribution in [1.29, 1.82) is 0 Å². The standard InChI is InChI=1S/C19H34N6O2/c1-12(2)15-21-16(24(7)8)23-17(22-15)25-10-9-14(11-13(25)3)20-18(26)27-19(4,5)6/h12-14H,9-11H2,1-8H3,(H,20,26). The van der Waals surface area contributed by atoms with Crippen molar-refractivity contribution in [2.24, 2.45) is 0 Å². The molecule has 27 heavy (non-hydrogen) atoms. The topological polar surface area (TPSA) is 83.5 Å². The lowest BCUT2D eigenvalue weighted by Crippen LogP contribution is -2.50. The predicted octanol–water partition coefficient (Wildman–Crippen LogP) is 2.94. The van der Waals surface area contributed by atoms with Crippen molar-refractivity contribution in [2.75, 3.05) is 30.4 Å². The molecule has 8 heteroatoms. The van der Waals surface area contributed by atoms with Gasteiger partial charge in [0.05, 0.1) is 0 Å². The van der Waals surface area contributed by atoms with Crippen LogP contribution in [0, 0.1) is 0 Å². The van der Waals surface area contributed by atoms with E-state index in [1.165, 1.54) is 0 Å². The van der Waals surface area contributed by atoms with Crippen molar-refractivity contribution >= 4 is 18.0 Å². The van der Waals surface area contributed by atoms with Gasteiger partial charge in [0.2, 0.25) is 11.9 Å². The normalized spacial score (nSPS) is 20.6. The van der Waals surface area contributed by atoms with Gasteiger partial charge in [0, 0.05) is 38.6 Å². The van der Waals surface area contributed by atoms with Crippen LogP contribution in [0.25, 0.3) is 0 Å². The van der Waals surface area contributed by atoms with Crippen molar-refractivity contribution in [2.45, 2.75) is 78.0 Å². The number of nitrogens with zero attached hydrogens (tertiary/aromatic N) is 5. The quantitative estimate of drug-likeness (QED) is 0.862. The van der Waals surface area contributed by atoms with E-state index in [0.29, 0.717) is 11.9 Å². The zero-order valence-corrected chi connectivity index (χ0v) is 17.9. The van der Waals surface area contributed by atoms with Gasteiger partial charge < -0.3 is 19.9 Å². The fourth-order valence-electron chi connectivity index (χ4n) is 3.03. The van der Waals surface area contributed by atoms with Crippen molar-refractivity contribution < 1.29 is 9.53 Å². The maximum atomic E-state index is 12.0. The highest BCUT2D eigenvalue weighted by Gasteiger charge is 2.30. The molecule has 0 aliphatic carbocycles. The Morgan fingerprint density at radius 1 is 1.26 bits per heavy atom. The molecule has 0 spiro atoms. The molecular weight excluding hydrogens is 344 g/mol. The maximum absolute atomic E-state index is 12.0. The number of hydrogen-bond donors (Lipinski definition) is 1. The summed E-state index contributed by atoms with van der Waals surface area (Å²) in [6.45, 7) is 12.7. The Hall–Kier alpha value is -2.12. The third kappa shape index (κ3) is 5.94. The number of anilines is 2. The van der Waals surface area contributed by atoms with E-state index in [4.69, 9.17) is 4.74 Å². The number of alkyl carbamates (subject to hydrolysis) is 1. The molecular formula is C19H34N6O2. The molecule has 1 amide bonds. The highest BCUT2D eigenvalue weighted by Crippen LogP contribution is 2.25. The molecule has 2 rings (SSSR count). The van der Waals surface area contributed by atoms with Gasteiger partial charge >= 0.3 is 6.09 Å². The Bertz CT molecular complexity index is 630. The summed E-state index contributed by atoms with van der Waals surface area (Å²) in [6, 6.07) is 0.293. The van der Waals surface area contributed by atoms with Gasteiger partial charge in [0.25, 0.3) is 0 Å². The number of carbonyl (C=O) groups excluding carboxylic acids is 1. The van der Waals surface area contributed by atoms with E-state index >= 15 is 0 Å². The fraction of sp³-hybridized carbons (Fsp3) is 0.789. The van der Waals surface area contributed by atoms with E-state index in [-0.39, 0.29) is 24.1 Å². The lowest BCUT2D eigenvalue weighted by Gasteiger charge is -2.38. The van der Waals surface area contributed by atoms with Crippen molar-refractivity contribution in [1.82, 2.24) is 20.3 Å². The number of hydrogen-bond acceptors (Lipinski definition) is 7. The molecule has 0 bridgehead atoms. The van der Waals surface area contributed by atoms with E-state index in [9.17, 15) is 4.79 Å². The molecule has 2 unspecified atom stereocenters. The minimum absolute atomic E-state index is 0.0887. The third-order valence-corrected chi connectivity index (χ3v) is 4.40. The molecule has 152 valence electrons. The zero-order chi connectivity index (χ0) is 20.4. The summed E-state index contributed by atoms with van der Waals surface area (Å²) in [5.41, 5.74) is -0.489. The van der Waals surface area contributed by atoms with Gasteiger partial charge in [-0.25, -0.2) is 4.79 Å². The van der Waals surface area contributed by atoms with Crippen LogP contribution < -0.4 is 15.1 Å². The van der Waals surface area contributed by atoms with E-state index in [1.807, 2.05) is 39.8 Å². The van der Waals surface area contributed by atoms with Crippen molar-refractivity contribution in [3.63, 3.8) is 0 Å². The second kappa shape index (κ2) is 8.27. The molecule has 1 fully saturated rings. The second-order valence-electron chi connectivity index (χ2n) is 8.75. The molecule has 0 aromatic carbocycles. The molecule has 8 nitrogen and oxygen atoms in total. The average molecular weight is 379 g/mol. The summed E-state index contributed by atoms with van der Waals surface area (Å²) in [7, 11) is 3.87. The van der Waals surface area contributed by atoms with Gasteiger partial charge in [0.15, 0.2) is 0 Å². The highest BCUT2D eigenvalue weighted by molar-refractivity contribution is 5.68. The number of piperidine rings is 1. The molecule has 2 heterocycles. The van der Waals surface area contributed by atoms with Crippen LogP contribution in [0.4, 0.5) is 16.7 Å². The van der Waals surface area contributed by atoms with Gasteiger partial charge in [-0.3, -0.25) is 0 Å². The van der Waals surface area contributed by atoms with Crippen LogP contribution >= 0.6 is 0 Å². The second-order valence-corrected chi connectivity index (χ2v) is 8.75. The molecule has 1 aliphatic rings. The number of nitrogens with one attached hydrogen (secondary N) is 1. The Balaban J connectivity index is 2.09. The average Bonchev–Trinajstić information content (AvgIpc) is 2.52. The van der Waals surface area contributed by atoms with Gasteiger partial charge in [0.1, 0.15) is 11.4 Å². The van der Waals surface area contributed by atoms with Crippen molar-refractivity contribution in [3.8, 4) is 0 Å². The number of aromatic nitrogens is 3. The minimum Gasteiger partial charge on any atom is -0.444 e. The molecule has 0 radical (unpaired) electrons. The Labute approximate surface area is 162 Å². The molecule has 1 saturated heterocycles. The monoisotopic (exact) mass is 378 g/mol. The van der Waals surface area contributed by atoms with Gasteiger partial charge in [-0.2, -0.15) is 15.0 Å². The van der Waals surface area contributed by atoms with E-state index in [1.54, 1.807) is 0 Å². The van der Waals surface area contributed by atoms with Crippen LogP contribution in [-0.4, -0.2) is 59.4 Å². The Morgan fingerprint density at radius 3 is 2.44 bits per heavy atom. The van der Waals surface area contributed by atoms with Crippen molar-refractivity contribution in [3.05, 3.63) is 5.82 Å². The van der Waals surface area contributed by atoms with Crippen LogP contribution in [0.15, 0.2) is 0 Å². The highest BCUT2D eigenvalue weighted by atomic mass is 16.6. The summed E-state index contributed by atoms with van der Waals surface area (Å²) in [6.07, 6.45) is 1.29. The Kier molecular flexibility index (Phi) is 6.49. The first-order chi connectivity index (χ1) is 12.5. The van der Waals surface area contributed by atoms with E-state index in [2.05, 4.69) is 45.9 Å². The fourth-order valence-corrected chi connectivity index (χ4v) is 3.03. The first kappa shape index (κ1) is 21.2. The SMILES string of the molecule is CC(C)c1nc(N(C)C)nc(N2CCC(NC(=O)OC(C)(C)C)CC2C)n1. The predicted molar refractivity (Wildman–Crippen MR) is 107 cm³/mol. The Morgan fingerprint density at radius 2 is 1.93 bits per heavy atom. The first-order valence-corrected chi connectivity index (χ1v) is 9.65. The smallest absolute Gasteiger partial charge is 0.407 e. The third-order valence-electron chi connectivity index (χ3n) is 4.40. The molecule has 2 atom stereocenters. The summed E-state index contributed by atoms with van der Waals surface area (Å²) in [5.74, 6) is 2.41. The maximum Gasteiger partial charge on any atom is 0.407 e. The van der Waals surface area contributed by atoms with Crippen LogP contribution in [0.3, 0.4) is 0 Å². The minimum atomic E-state index is -0.489. The largest absolute Gasteiger partial charge is 0.444 e. The molecule has 1 N–H and O–H groups in total. The zero-order valence-electron chi connectivity index (χ0n) is 17.9. The van der Waals surface area contributed by atoms with Gasteiger partial charge in [-0.05, 0) is 40.5 Å². The van der Waals surface area contributed by atoms with E-state index in [0.717, 1.165) is 25.2 Å². The van der Waals surface area contributed by atoms with Crippen LogP contribution in [0.2, 0.25) is 0 Å². The molecule has 1 aromatic heterocycles. The number of ether oxygens (including phenoxy) is 1. The van der Waals surface area contributed by atoms with Crippen LogP contribution in [0.1, 0.15) is 66.1 Å². The molecule has 0 saturated carbocycles. The first-order valence-electron chi connectivity index (χ1n) is 9.65. The van der Waals surface area contributed by atoms with E-state index < -0.39 is 5.60 Å².